The number of anilines is 3. The molecule has 4 aliphatic rings. The van der Waals surface area contributed by atoms with Crippen LogP contribution in [0.3, 0.4) is 0 Å². The summed E-state index contributed by atoms with van der Waals surface area (Å²) in [5.41, 5.74) is 15.3. The van der Waals surface area contributed by atoms with Gasteiger partial charge >= 0.3 is 0 Å². The van der Waals surface area contributed by atoms with Crippen molar-refractivity contribution in [2.45, 2.75) is 44.9 Å². The van der Waals surface area contributed by atoms with Crippen LogP contribution in [0, 0.1) is 0 Å². The summed E-state index contributed by atoms with van der Waals surface area (Å²) in [7, 11) is 0. The summed E-state index contributed by atoms with van der Waals surface area (Å²) in [6.07, 6.45) is 23.3. The third-order valence-electron chi connectivity index (χ3n) is 12.4. The van der Waals surface area contributed by atoms with Crippen LogP contribution in [-0.4, -0.2) is 11.0 Å². The van der Waals surface area contributed by atoms with Crippen LogP contribution in [0.4, 0.5) is 17.1 Å². The lowest BCUT2D eigenvalue weighted by molar-refractivity contribution is 0.746. The maximum atomic E-state index is 4.45. The fourth-order valence-electron chi connectivity index (χ4n) is 9.12. The Balaban J connectivity index is 0.000000184. The largest absolute Gasteiger partial charge is 0.355 e. The van der Waals surface area contributed by atoms with E-state index in [2.05, 4.69) is 240 Å². The van der Waals surface area contributed by atoms with Gasteiger partial charge in [0.25, 0.3) is 0 Å². The van der Waals surface area contributed by atoms with Crippen molar-refractivity contribution in [1.29, 1.82) is 0 Å². The number of nitrogens with zero attached hydrogens (tertiary/aromatic N) is 1. The molecule has 2 N–H and O–H groups in total. The molecular weight excluding hydrogens is 827 g/mol. The molecule has 2 aliphatic carbocycles. The molecule has 0 saturated carbocycles. The third kappa shape index (κ3) is 8.49. The lowest BCUT2D eigenvalue weighted by Crippen LogP contribution is -2.34. The van der Waals surface area contributed by atoms with Gasteiger partial charge in [0.2, 0.25) is 0 Å². The Labute approximate surface area is 390 Å². The molecule has 0 amide bonds. The predicted molar refractivity (Wildman–Crippen MR) is 279 cm³/mol. The average Bonchev–Trinajstić information content (AvgIpc) is 3.72. The molecule has 5 heteroatoms. The number of aromatic nitrogens is 1. The van der Waals surface area contributed by atoms with Crippen LogP contribution in [0.2, 0.25) is 0 Å². The van der Waals surface area contributed by atoms with Gasteiger partial charge in [-0.15, -0.1) is 0 Å². The van der Waals surface area contributed by atoms with Crippen molar-refractivity contribution in [3.63, 3.8) is 0 Å². The first kappa shape index (κ1) is 40.6. The molecule has 0 radical (unpaired) electrons. The van der Waals surface area contributed by atoms with Crippen LogP contribution in [0.25, 0.3) is 44.1 Å². The second kappa shape index (κ2) is 18.1. The zero-order chi connectivity index (χ0) is 43.5. The minimum Gasteiger partial charge on any atom is -0.355 e. The van der Waals surface area contributed by atoms with Crippen molar-refractivity contribution in [2.24, 2.45) is 0 Å². The number of nitrogens with one attached hydrogen (secondary N) is 2. The standard InChI is InChI=1S/C42H36N2.C18H11NS2/c1-31-24-25-36(30-44(38-20-9-4-10-21-38)42-23-12-11-22-39(31)42)34-17-13-16-33(28-34)35-26-27-40(32-14-5-2-6-15-32)41(29-35)43-37-18-7-3-8-19-37;1-2-6-13-11(5-1)12-9-17-18(10-14(12)19-13)21-16-8-4-3-7-15(16)20-17/h3-5,7-22,24-30,42-43H,1-2,6,23H2;1-10,19H/b25-24-,36-30+;. The number of fused-ring (bicyclic) bond motifs is 6. The highest BCUT2D eigenvalue weighted by atomic mass is 32.2. The van der Waals surface area contributed by atoms with Gasteiger partial charge in [-0.25, -0.2) is 0 Å². The predicted octanol–water partition coefficient (Wildman–Crippen LogP) is 17.0. The van der Waals surface area contributed by atoms with Gasteiger partial charge in [-0.05, 0) is 125 Å². The second-order valence-electron chi connectivity index (χ2n) is 16.6. The Hall–Kier alpha value is -7.18. The molecular formula is C60H47N3S2. The van der Waals surface area contributed by atoms with Crippen molar-refractivity contribution in [1.82, 2.24) is 4.98 Å². The number of allylic oxidation sites excluding steroid dienone is 9. The quantitative estimate of drug-likeness (QED) is 0.174. The molecule has 0 saturated heterocycles. The van der Waals surface area contributed by atoms with Gasteiger partial charge in [0, 0.05) is 70.2 Å². The maximum Gasteiger partial charge on any atom is 0.0626 e. The molecule has 0 bridgehead atoms. The average molecular weight is 874 g/mol. The van der Waals surface area contributed by atoms with E-state index in [0.29, 0.717) is 0 Å². The van der Waals surface area contributed by atoms with E-state index in [1.54, 1.807) is 0 Å². The summed E-state index contributed by atoms with van der Waals surface area (Å²) < 4.78 is 0. The Morgan fingerprint density at radius 2 is 1.31 bits per heavy atom. The molecule has 8 aromatic rings. The topological polar surface area (TPSA) is 31.1 Å². The van der Waals surface area contributed by atoms with Crippen LogP contribution in [0.15, 0.2) is 256 Å². The SMILES string of the molecule is C=C1/C=C\C(c2cccc(-c3ccc(C4=CCCC=C4)c(Nc4ccccc4)c3)c2)=C/N(c2ccccc2)C2CC=CC=C12.c1ccc2c(c1)Sc1cc3[nH]c4ccccc4c3cc1S2. The van der Waals surface area contributed by atoms with Crippen LogP contribution >= 0.6 is 23.5 Å². The van der Waals surface area contributed by atoms with Gasteiger partial charge in [-0.3, -0.25) is 0 Å². The summed E-state index contributed by atoms with van der Waals surface area (Å²) >= 11 is 3.74. The molecule has 314 valence electrons. The number of aromatic amines is 1. The summed E-state index contributed by atoms with van der Waals surface area (Å²) in [5.74, 6) is 0. The van der Waals surface area contributed by atoms with Crippen molar-refractivity contribution in [3.05, 3.63) is 247 Å². The Morgan fingerprint density at radius 3 is 2.12 bits per heavy atom. The van der Waals surface area contributed by atoms with E-state index in [0.717, 1.165) is 41.8 Å². The highest BCUT2D eigenvalue weighted by Gasteiger charge is 2.25. The second-order valence-corrected chi connectivity index (χ2v) is 18.8. The first-order chi connectivity index (χ1) is 32.1. The van der Waals surface area contributed by atoms with Gasteiger partial charge in [-0.2, -0.15) is 0 Å². The molecule has 65 heavy (non-hydrogen) atoms. The van der Waals surface area contributed by atoms with E-state index in [9.17, 15) is 0 Å². The Kier molecular flexibility index (Phi) is 11.3. The molecule has 1 atom stereocenters. The summed E-state index contributed by atoms with van der Waals surface area (Å²) in [6.45, 7) is 4.45. The number of H-pyrrole nitrogens is 1. The summed E-state index contributed by atoms with van der Waals surface area (Å²) in [5, 5.41) is 6.33. The van der Waals surface area contributed by atoms with Gasteiger partial charge in [0.15, 0.2) is 0 Å². The molecule has 1 aromatic heterocycles. The lowest BCUT2D eigenvalue weighted by atomic mass is 9.88. The van der Waals surface area contributed by atoms with Crippen molar-refractivity contribution in [3.8, 4) is 11.1 Å². The first-order valence-electron chi connectivity index (χ1n) is 22.3. The minimum absolute atomic E-state index is 0.195. The Bertz CT molecular complexity index is 3290. The zero-order valence-electron chi connectivity index (χ0n) is 36.0. The molecule has 2 aliphatic heterocycles. The van der Waals surface area contributed by atoms with Gasteiger partial charge < -0.3 is 15.2 Å². The van der Waals surface area contributed by atoms with Crippen molar-refractivity contribution in [2.75, 3.05) is 10.2 Å². The van der Waals surface area contributed by atoms with E-state index in [1.165, 1.54) is 80.5 Å². The van der Waals surface area contributed by atoms with Crippen LogP contribution in [0.5, 0.6) is 0 Å². The normalized spacial score (nSPS) is 17.5. The van der Waals surface area contributed by atoms with Crippen LogP contribution in [-0.2, 0) is 0 Å². The molecule has 1 unspecified atom stereocenters. The monoisotopic (exact) mass is 873 g/mol. The summed E-state index contributed by atoms with van der Waals surface area (Å²) in [6, 6.07) is 58.7. The van der Waals surface area contributed by atoms with Gasteiger partial charge in [0.05, 0.1) is 6.04 Å². The summed E-state index contributed by atoms with van der Waals surface area (Å²) in [4.78, 5) is 11.4. The molecule has 3 heterocycles. The fourth-order valence-corrected chi connectivity index (χ4v) is 11.4. The van der Waals surface area contributed by atoms with Crippen LogP contribution in [0.1, 0.15) is 30.4 Å². The van der Waals surface area contributed by atoms with Gasteiger partial charge in [0.1, 0.15) is 0 Å². The Morgan fingerprint density at radius 1 is 0.569 bits per heavy atom. The number of hydrogen-bond acceptors (Lipinski definition) is 4. The van der Waals surface area contributed by atoms with Gasteiger partial charge in [-0.1, -0.05) is 176 Å². The number of para-hydroxylation sites is 3. The first-order valence-corrected chi connectivity index (χ1v) is 24.0. The van der Waals surface area contributed by atoms with Crippen molar-refractivity contribution < 1.29 is 0 Å². The zero-order valence-corrected chi connectivity index (χ0v) is 37.6. The van der Waals surface area contributed by atoms with Crippen molar-refractivity contribution >= 4 is 73.5 Å². The van der Waals surface area contributed by atoms with E-state index in [1.807, 2.05) is 23.5 Å². The molecule has 12 rings (SSSR count). The number of benzene rings is 7. The highest BCUT2D eigenvalue weighted by molar-refractivity contribution is 8.05. The fraction of sp³-hybridized carbons (Fsp3) is 0.0667. The lowest BCUT2D eigenvalue weighted by Gasteiger charge is -2.35. The van der Waals surface area contributed by atoms with E-state index >= 15 is 0 Å². The highest BCUT2D eigenvalue weighted by Crippen LogP contribution is 2.50. The minimum atomic E-state index is 0.195. The van der Waals surface area contributed by atoms with E-state index < -0.39 is 0 Å². The molecule has 7 aromatic carbocycles. The molecule has 0 fully saturated rings. The number of rotatable bonds is 6. The molecule has 3 nitrogen and oxygen atoms in total. The maximum absolute atomic E-state index is 4.45. The van der Waals surface area contributed by atoms with E-state index in [4.69, 9.17) is 0 Å². The third-order valence-corrected chi connectivity index (χ3v) is 14.9. The molecule has 0 spiro atoms. The van der Waals surface area contributed by atoms with Crippen LogP contribution < -0.4 is 10.2 Å². The number of hydrogen-bond donors (Lipinski definition) is 2. The smallest absolute Gasteiger partial charge is 0.0626 e. The van der Waals surface area contributed by atoms with E-state index in [-0.39, 0.29) is 6.04 Å².